The van der Waals surface area contributed by atoms with Crippen LogP contribution in [0.1, 0.15) is 25.7 Å². The summed E-state index contributed by atoms with van der Waals surface area (Å²) < 4.78 is 5.49. The van der Waals surface area contributed by atoms with E-state index < -0.39 is 0 Å². The molecule has 2 atom stereocenters. The standard InChI is InChI=1S/C8H14O3/c1-3-7(9-5-1)8-4-2-6-10-11-8/h7-8H,1-6H2. The van der Waals surface area contributed by atoms with Crippen LogP contribution in [0.4, 0.5) is 0 Å². The average molecular weight is 158 g/mol. The highest BCUT2D eigenvalue weighted by Crippen LogP contribution is 2.23. The third-order valence-electron chi connectivity index (χ3n) is 2.29. The van der Waals surface area contributed by atoms with Crippen molar-refractivity contribution >= 4 is 0 Å². The molecule has 0 N–H and O–H groups in total. The molecule has 0 bridgehead atoms. The van der Waals surface area contributed by atoms with Gasteiger partial charge in [0.1, 0.15) is 6.10 Å². The lowest BCUT2D eigenvalue weighted by Gasteiger charge is -2.25. The summed E-state index contributed by atoms with van der Waals surface area (Å²) in [6, 6.07) is 0. The van der Waals surface area contributed by atoms with Gasteiger partial charge in [-0.05, 0) is 25.7 Å². The third-order valence-corrected chi connectivity index (χ3v) is 2.29. The quantitative estimate of drug-likeness (QED) is 0.538. The molecule has 0 radical (unpaired) electrons. The lowest BCUT2D eigenvalue weighted by Crippen LogP contribution is -2.32. The van der Waals surface area contributed by atoms with Crippen molar-refractivity contribution < 1.29 is 14.5 Å². The normalized spacial score (nSPS) is 39.3. The van der Waals surface area contributed by atoms with Gasteiger partial charge in [-0.1, -0.05) is 0 Å². The minimum atomic E-state index is 0.200. The van der Waals surface area contributed by atoms with Gasteiger partial charge in [0.15, 0.2) is 0 Å². The van der Waals surface area contributed by atoms with E-state index in [1.165, 1.54) is 6.42 Å². The van der Waals surface area contributed by atoms with Crippen molar-refractivity contribution in [3.63, 3.8) is 0 Å². The van der Waals surface area contributed by atoms with Gasteiger partial charge in [-0.3, -0.25) is 0 Å². The summed E-state index contributed by atoms with van der Waals surface area (Å²) in [5, 5.41) is 0. The van der Waals surface area contributed by atoms with Crippen LogP contribution in [0.3, 0.4) is 0 Å². The van der Waals surface area contributed by atoms with Crippen LogP contribution in [0.15, 0.2) is 0 Å². The molecule has 2 fully saturated rings. The molecule has 2 rings (SSSR count). The molecular weight excluding hydrogens is 144 g/mol. The second-order valence-electron chi connectivity index (χ2n) is 3.15. The van der Waals surface area contributed by atoms with Gasteiger partial charge in [-0.25, -0.2) is 9.78 Å². The van der Waals surface area contributed by atoms with Crippen molar-refractivity contribution in [3.8, 4) is 0 Å². The zero-order valence-corrected chi connectivity index (χ0v) is 6.62. The molecule has 11 heavy (non-hydrogen) atoms. The van der Waals surface area contributed by atoms with Crippen molar-refractivity contribution in [1.82, 2.24) is 0 Å². The van der Waals surface area contributed by atoms with E-state index in [1.807, 2.05) is 0 Å². The highest BCUT2D eigenvalue weighted by molar-refractivity contribution is 4.75. The van der Waals surface area contributed by atoms with E-state index in [-0.39, 0.29) is 6.10 Å². The minimum Gasteiger partial charge on any atom is -0.375 e. The number of hydrogen-bond acceptors (Lipinski definition) is 3. The summed E-state index contributed by atoms with van der Waals surface area (Å²) in [5.74, 6) is 0. The van der Waals surface area contributed by atoms with Crippen LogP contribution < -0.4 is 0 Å². The summed E-state index contributed by atoms with van der Waals surface area (Å²) in [5.41, 5.74) is 0. The predicted octanol–water partition coefficient (Wildman–Crippen LogP) is 1.28. The molecule has 2 unspecified atom stereocenters. The molecule has 2 heterocycles. The molecule has 0 amide bonds. The Hall–Kier alpha value is -0.120. The van der Waals surface area contributed by atoms with E-state index in [0.717, 1.165) is 32.5 Å². The lowest BCUT2D eigenvalue weighted by molar-refractivity contribution is -0.358. The van der Waals surface area contributed by atoms with Crippen molar-refractivity contribution in [1.29, 1.82) is 0 Å². The second kappa shape index (κ2) is 3.52. The highest BCUT2D eigenvalue weighted by atomic mass is 17.2. The molecule has 2 saturated heterocycles. The maximum Gasteiger partial charge on any atom is 0.119 e. The van der Waals surface area contributed by atoms with Crippen molar-refractivity contribution in [2.24, 2.45) is 0 Å². The van der Waals surface area contributed by atoms with Crippen molar-refractivity contribution in [3.05, 3.63) is 0 Å². The lowest BCUT2D eigenvalue weighted by atomic mass is 10.1. The first-order valence-corrected chi connectivity index (χ1v) is 4.37. The summed E-state index contributed by atoms with van der Waals surface area (Å²) in [6.45, 7) is 1.63. The molecular formula is C8H14O3. The maximum atomic E-state index is 5.49. The van der Waals surface area contributed by atoms with Crippen LogP contribution in [0, 0.1) is 0 Å². The molecule has 64 valence electrons. The number of rotatable bonds is 1. The fourth-order valence-electron chi connectivity index (χ4n) is 1.67. The van der Waals surface area contributed by atoms with E-state index in [9.17, 15) is 0 Å². The number of hydrogen-bond donors (Lipinski definition) is 0. The monoisotopic (exact) mass is 158 g/mol. The molecule has 0 aromatic carbocycles. The van der Waals surface area contributed by atoms with Gasteiger partial charge >= 0.3 is 0 Å². The smallest absolute Gasteiger partial charge is 0.119 e. The Bertz CT molecular complexity index is 115. The summed E-state index contributed by atoms with van der Waals surface area (Å²) >= 11 is 0. The molecule has 0 saturated carbocycles. The van der Waals surface area contributed by atoms with Crippen LogP contribution in [-0.2, 0) is 14.5 Å². The second-order valence-corrected chi connectivity index (χ2v) is 3.15. The first kappa shape index (κ1) is 7.53. The number of ether oxygens (including phenoxy) is 1. The Labute approximate surface area is 66.6 Å². The molecule has 0 aliphatic carbocycles. The first-order valence-electron chi connectivity index (χ1n) is 4.37. The van der Waals surface area contributed by atoms with Crippen molar-refractivity contribution in [2.75, 3.05) is 13.2 Å². The van der Waals surface area contributed by atoms with Gasteiger partial charge in [0.25, 0.3) is 0 Å². The molecule has 0 spiro atoms. The zero-order valence-electron chi connectivity index (χ0n) is 6.62. The van der Waals surface area contributed by atoms with Crippen molar-refractivity contribution in [2.45, 2.75) is 37.9 Å². The fourth-order valence-corrected chi connectivity index (χ4v) is 1.67. The van der Waals surface area contributed by atoms with Gasteiger partial charge in [0, 0.05) is 6.61 Å². The maximum absolute atomic E-state index is 5.49. The molecule has 2 aliphatic rings. The van der Waals surface area contributed by atoms with Crippen LogP contribution in [0.2, 0.25) is 0 Å². The fraction of sp³-hybridized carbons (Fsp3) is 1.00. The third kappa shape index (κ3) is 1.72. The van der Waals surface area contributed by atoms with E-state index >= 15 is 0 Å². The summed E-state index contributed by atoms with van der Waals surface area (Å²) in [4.78, 5) is 10.1. The molecule has 0 aromatic rings. The summed E-state index contributed by atoms with van der Waals surface area (Å²) in [6.07, 6.45) is 5.00. The topological polar surface area (TPSA) is 27.7 Å². The van der Waals surface area contributed by atoms with E-state index in [2.05, 4.69) is 0 Å². The predicted molar refractivity (Wildman–Crippen MR) is 39.0 cm³/mol. The van der Waals surface area contributed by atoms with Gasteiger partial charge < -0.3 is 4.74 Å². The SMILES string of the molecule is C1COC(C2CCCOO2)C1. The Morgan fingerprint density at radius 2 is 1.73 bits per heavy atom. The van der Waals surface area contributed by atoms with Gasteiger partial charge in [0.2, 0.25) is 0 Å². The van der Waals surface area contributed by atoms with Crippen LogP contribution in [0.25, 0.3) is 0 Å². The Morgan fingerprint density at radius 3 is 2.36 bits per heavy atom. The first-order chi connectivity index (χ1) is 5.47. The average Bonchev–Trinajstić information content (AvgIpc) is 2.58. The summed E-state index contributed by atoms with van der Waals surface area (Å²) in [7, 11) is 0. The Balaban J connectivity index is 1.82. The Morgan fingerprint density at radius 1 is 0.909 bits per heavy atom. The van der Waals surface area contributed by atoms with E-state index in [4.69, 9.17) is 14.5 Å². The van der Waals surface area contributed by atoms with E-state index in [0.29, 0.717) is 6.10 Å². The van der Waals surface area contributed by atoms with Crippen LogP contribution >= 0.6 is 0 Å². The van der Waals surface area contributed by atoms with Gasteiger partial charge in [-0.2, -0.15) is 0 Å². The van der Waals surface area contributed by atoms with Gasteiger partial charge in [-0.15, -0.1) is 0 Å². The van der Waals surface area contributed by atoms with E-state index in [1.54, 1.807) is 0 Å². The molecule has 3 heteroatoms. The largest absolute Gasteiger partial charge is 0.375 e. The van der Waals surface area contributed by atoms with Crippen LogP contribution in [-0.4, -0.2) is 25.4 Å². The highest BCUT2D eigenvalue weighted by Gasteiger charge is 2.29. The van der Waals surface area contributed by atoms with Crippen LogP contribution in [0.5, 0.6) is 0 Å². The molecule has 3 nitrogen and oxygen atoms in total. The Kier molecular flexibility index (Phi) is 2.41. The molecule has 2 aliphatic heterocycles. The van der Waals surface area contributed by atoms with Gasteiger partial charge in [0.05, 0.1) is 12.7 Å². The zero-order chi connectivity index (χ0) is 7.52. The minimum absolute atomic E-state index is 0.200. The molecule has 0 aromatic heterocycles.